The van der Waals surface area contributed by atoms with Gasteiger partial charge in [0.05, 0.1) is 27.5 Å². The van der Waals surface area contributed by atoms with E-state index in [1.165, 1.54) is 109 Å². The number of aromatic nitrogens is 2. The van der Waals surface area contributed by atoms with E-state index in [1.54, 1.807) is 0 Å². The fourth-order valence-corrected chi connectivity index (χ4v) is 18.1. The topological polar surface area (TPSA) is 9.86 Å². The zero-order valence-electron chi connectivity index (χ0n) is 41.8. The van der Waals surface area contributed by atoms with E-state index in [4.69, 9.17) is 0 Å². The molecule has 0 radical (unpaired) electrons. The number of fused-ring (bicyclic) bond motifs is 9. The van der Waals surface area contributed by atoms with Crippen LogP contribution in [-0.4, -0.2) is 17.2 Å². The molecule has 76 heavy (non-hydrogen) atoms. The van der Waals surface area contributed by atoms with Crippen LogP contribution in [0.2, 0.25) is 0 Å². The highest BCUT2D eigenvalue weighted by molar-refractivity contribution is 7.19. The van der Waals surface area contributed by atoms with Crippen molar-refractivity contribution in [3.63, 3.8) is 0 Å². The number of hydrogen-bond donors (Lipinski definition) is 0. The van der Waals surface area contributed by atoms with Crippen molar-refractivity contribution < 1.29 is 0 Å². The Morgan fingerprint density at radius 3 is 1.28 bits per heavy atom. The van der Waals surface area contributed by atoms with Gasteiger partial charge in [0, 0.05) is 32.9 Å². The van der Waals surface area contributed by atoms with Crippen molar-refractivity contribution in [2.24, 2.45) is 0 Å². The van der Waals surface area contributed by atoms with Crippen molar-refractivity contribution in [2.75, 3.05) is 0 Å². The molecule has 1 aliphatic carbocycles. The highest BCUT2D eigenvalue weighted by atomic mass is 28.3. The lowest BCUT2D eigenvalue weighted by Gasteiger charge is -2.34. The molecule has 0 aliphatic heterocycles. The monoisotopic (exact) mass is 982 g/mol. The molecule has 14 aromatic rings. The largest absolute Gasteiger partial charge is 0.309 e. The molecule has 0 unspecified atom stereocenters. The van der Waals surface area contributed by atoms with E-state index >= 15 is 0 Å². The van der Waals surface area contributed by atoms with Gasteiger partial charge in [-0.1, -0.05) is 249 Å². The molecule has 0 atom stereocenters. The van der Waals surface area contributed by atoms with Crippen LogP contribution in [0.1, 0.15) is 22.3 Å². The van der Waals surface area contributed by atoms with Gasteiger partial charge in [0.15, 0.2) is 8.07 Å². The molecule has 0 saturated heterocycles. The van der Waals surface area contributed by atoms with Crippen LogP contribution in [-0.2, 0) is 5.41 Å². The highest BCUT2D eigenvalue weighted by Crippen LogP contribution is 2.57. The summed E-state index contributed by atoms with van der Waals surface area (Å²) in [5, 5.41) is 10.4. The lowest BCUT2D eigenvalue weighted by Crippen LogP contribution is -2.74. The SMILES string of the molecule is c1ccc(C2(c3ccccc3)c3ccccc3-c3ccc(-c4ccc5c(c4)c4ccccc4n5-c4ccc5c6ccccc6n(-c6ccc([Si](c7ccccc7)(c7ccccc7)c7ccccc7)cc6)c5c4)cc32)cc1. The minimum Gasteiger partial charge on any atom is -0.309 e. The van der Waals surface area contributed by atoms with Gasteiger partial charge in [-0.3, -0.25) is 0 Å². The maximum atomic E-state index is 2.47. The summed E-state index contributed by atoms with van der Waals surface area (Å²) in [6.45, 7) is 0. The summed E-state index contributed by atoms with van der Waals surface area (Å²) >= 11 is 0. The molecule has 0 amide bonds. The summed E-state index contributed by atoms with van der Waals surface area (Å²) in [4.78, 5) is 0. The third-order valence-electron chi connectivity index (χ3n) is 16.6. The first-order valence-electron chi connectivity index (χ1n) is 26.4. The van der Waals surface area contributed by atoms with Gasteiger partial charge in [0.2, 0.25) is 0 Å². The van der Waals surface area contributed by atoms with Gasteiger partial charge >= 0.3 is 0 Å². The molecule has 0 fully saturated rings. The Morgan fingerprint density at radius 1 is 0.250 bits per heavy atom. The Kier molecular flexibility index (Phi) is 10.2. The number of benzene rings is 12. The molecular weight excluding hydrogens is 933 g/mol. The minimum absolute atomic E-state index is 0.466. The summed E-state index contributed by atoms with van der Waals surface area (Å²) in [5.41, 5.74) is 16.7. The van der Waals surface area contributed by atoms with Crippen LogP contribution in [0, 0.1) is 0 Å². The summed E-state index contributed by atoms with van der Waals surface area (Å²) in [7, 11) is -2.70. The molecular formula is C73H50N2Si. The van der Waals surface area contributed by atoms with Crippen LogP contribution in [0.3, 0.4) is 0 Å². The fourth-order valence-electron chi connectivity index (χ4n) is 13.4. The molecule has 2 aromatic heterocycles. The minimum atomic E-state index is -2.70. The Bertz CT molecular complexity index is 4350. The smallest absolute Gasteiger partial charge is 0.179 e. The zero-order chi connectivity index (χ0) is 50.2. The van der Waals surface area contributed by atoms with Crippen LogP contribution in [0.15, 0.2) is 303 Å². The summed E-state index contributed by atoms with van der Waals surface area (Å²) in [6, 6.07) is 113. The van der Waals surface area contributed by atoms with Gasteiger partial charge in [0.1, 0.15) is 0 Å². The Morgan fingerprint density at radius 2 is 0.671 bits per heavy atom. The second kappa shape index (κ2) is 17.6. The molecule has 15 rings (SSSR count). The number of nitrogens with zero attached hydrogens (tertiary/aromatic N) is 2. The maximum Gasteiger partial charge on any atom is 0.179 e. The molecule has 0 saturated carbocycles. The van der Waals surface area contributed by atoms with E-state index in [0.29, 0.717) is 0 Å². The summed E-state index contributed by atoms with van der Waals surface area (Å²) in [5.74, 6) is 0. The molecule has 0 bridgehead atoms. The van der Waals surface area contributed by atoms with Crippen molar-refractivity contribution in [3.8, 4) is 33.6 Å². The van der Waals surface area contributed by atoms with Crippen LogP contribution in [0.25, 0.3) is 77.2 Å². The van der Waals surface area contributed by atoms with Gasteiger partial charge in [-0.05, 0) is 120 Å². The second-order valence-electron chi connectivity index (χ2n) is 20.3. The molecule has 356 valence electrons. The Hall–Kier alpha value is -9.54. The quantitative estimate of drug-likeness (QED) is 0.101. The third kappa shape index (κ3) is 6.46. The van der Waals surface area contributed by atoms with E-state index in [0.717, 1.165) is 11.4 Å². The molecule has 0 N–H and O–H groups in total. The van der Waals surface area contributed by atoms with Gasteiger partial charge in [-0.2, -0.15) is 0 Å². The zero-order valence-corrected chi connectivity index (χ0v) is 42.8. The normalized spacial score (nSPS) is 12.8. The van der Waals surface area contributed by atoms with Gasteiger partial charge in [-0.15, -0.1) is 0 Å². The van der Waals surface area contributed by atoms with Gasteiger partial charge in [0.25, 0.3) is 0 Å². The fraction of sp³-hybridized carbons (Fsp3) is 0.0137. The molecule has 0 spiro atoms. The van der Waals surface area contributed by atoms with Crippen molar-refractivity contribution in [1.29, 1.82) is 0 Å². The first kappa shape index (κ1) is 44.0. The average molecular weight is 983 g/mol. The first-order chi connectivity index (χ1) is 37.7. The summed E-state index contributed by atoms with van der Waals surface area (Å²) in [6.07, 6.45) is 0. The summed E-state index contributed by atoms with van der Waals surface area (Å²) < 4.78 is 4.94. The van der Waals surface area contributed by atoms with Crippen molar-refractivity contribution in [1.82, 2.24) is 9.13 Å². The van der Waals surface area contributed by atoms with E-state index in [9.17, 15) is 0 Å². The molecule has 3 heteroatoms. The maximum absolute atomic E-state index is 2.70. The van der Waals surface area contributed by atoms with E-state index in [1.807, 2.05) is 0 Å². The predicted octanol–water partition coefficient (Wildman–Crippen LogP) is 15.3. The second-order valence-corrected chi connectivity index (χ2v) is 24.1. The van der Waals surface area contributed by atoms with Crippen molar-refractivity contribution in [2.45, 2.75) is 5.41 Å². The number of rotatable bonds is 9. The molecule has 1 aliphatic rings. The Labute approximate surface area is 443 Å². The lowest BCUT2D eigenvalue weighted by molar-refractivity contribution is 0.769. The van der Waals surface area contributed by atoms with Crippen LogP contribution in [0.4, 0.5) is 0 Å². The van der Waals surface area contributed by atoms with Crippen LogP contribution < -0.4 is 20.7 Å². The molecule has 2 heterocycles. The van der Waals surface area contributed by atoms with E-state index in [2.05, 4.69) is 312 Å². The predicted molar refractivity (Wildman–Crippen MR) is 321 cm³/mol. The van der Waals surface area contributed by atoms with E-state index < -0.39 is 13.5 Å². The first-order valence-corrected chi connectivity index (χ1v) is 28.4. The lowest BCUT2D eigenvalue weighted by atomic mass is 9.67. The van der Waals surface area contributed by atoms with Gasteiger partial charge in [-0.25, -0.2) is 0 Å². The van der Waals surface area contributed by atoms with Crippen LogP contribution >= 0.6 is 0 Å². The average Bonchev–Trinajstić information content (AvgIpc) is 4.26. The standard InChI is InChI=1S/C73H50N2Si/c1-6-22-53(23-7-1)73(54-24-8-2-9-25-54)67-35-19-16-32-61(67)62-45-38-52(49-68(62)73)51-39-47-71-66(48-51)64-34-18-21-37-70(64)75(71)56-42-46-65-63-33-17-20-36-69(63)74(72(65)50-56)55-40-43-60(44-41-55)76(57-26-10-3-11-27-57,58-28-12-4-13-29-58)59-30-14-5-15-31-59/h1-50H. The van der Waals surface area contributed by atoms with Crippen LogP contribution in [0.5, 0.6) is 0 Å². The molecule has 2 nitrogen and oxygen atoms in total. The molecule has 12 aromatic carbocycles. The van der Waals surface area contributed by atoms with Crippen molar-refractivity contribution in [3.05, 3.63) is 326 Å². The van der Waals surface area contributed by atoms with Gasteiger partial charge < -0.3 is 9.13 Å². The number of hydrogen-bond acceptors (Lipinski definition) is 0. The van der Waals surface area contributed by atoms with Crippen molar-refractivity contribution >= 4 is 72.4 Å². The highest BCUT2D eigenvalue weighted by Gasteiger charge is 2.46. The Balaban J connectivity index is 0.883. The van der Waals surface area contributed by atoms with E-state index in [-0.39, 0.29) is 0 Å². The third-order valence-corrected chi connectivity index (χ3v) is 21.4. The number of para-hydroxylation sites is 2.